The number of sulfone groups is 1. The van der Waals surface area contributed by atoms with Crippen molar-refractivity contribution in [2.45, 2.75) is 18.4 Å². The van der Waals surface area contributed by atoms with Crippen molar-refractivity contribution in [3.05, 3.63) is 81.6 Å². The molecule has 0 saturated heterocycles. The highest BCUT2D eigenvalue weighted by Gasteiger charge is 2.11. The minimum absolute atomic E-state index is 0.152. The molecule has 0 atom stereocenters. The molecule has 8 heteroatoms. The van der Waals surface area contributed by atoms with Crippen molar-refractivity contribution in [1.29, 1.82) is 0 Å². The van der Waals surface area contributed by atoms with Crippen LogP contribution in [0.25, 0.3) is 6.20 Å². The Bertz CT molecular complexity index is 1050. The van der Waals surface area contributed by atoms with Crippen LogP contribution in [-0.4, -0.2) is 28.2 Å². The zero-order valence-corrected chi connectivity index (χ0v) is 14.3. The quantitative estimate of drug-likeness (QED) is 0.694. The molecule has 3 aromatic rings. The minimum Gasteiger partial charge on any atom is -0.244 e. The molecule has 0 aliphatic rings. The van der Waals surface area contributed by atoms with E-state index in [0.717, 1.165) is 32.1 Å². The number of tetrazole rings is 1. The zero-order chi connectivity index (χ0) is 17.9. The number of nitrogens with zero attached hydrogens (tertiary/aromatic N) is 4. The van der Waals surface area contributed by atoms with Gasteiger partial charge in [-0.2, -0.15) is 9.36 Å². The van der Waals surface area contributed by atoms with Crippen molar-refractivity contribution in [3.8, 4) is 0 Å². The highest BCUT2D eigenvalue weighted by atomic mass is 32.2. The molecule has 1 aromatic heterocycles. The van der Waals surface area contributed by atoms with Crippen LogP contribution in [0.3, 0.4) is 0 Å². The van der Waals surface area contributed by atoms with Gasteiger partial charge in [0.25, 0.3) is 0 Å². The maximum Gasteiger partial charge on any atom is 0.368 e. The fourth-order valence-corrected chi connectivity index (χ4v) is 3.13. The van der Waals surface area contributed by atoms with Crippen LogP contribution >= 0.6 is 0 Å². The molecule has 3 rings (SSSR count). The van der Waals surface area contributed by atoms with Gasteiger partial charge in [0, 0.05) is 6.20 Å². The summed E-state index contributed by atoms with van der Waals surface area (Å²) >= 11 is 0. The third-order valence-corrected chi connectivity index (χ3v) is 4.98. The molecule has 25 heavy (non-hydrogen) atoms. The topological polar surface area (TPSA) is 86.8 Å². The van der Waals surface area contributed by atoms with Crippen LogP contribution < -0.4 is 5.69 Å². The van der Waals surface area contributed by atoms with E-state index in [1.807, 2.05) is 37.3 Å². The van der Waals surface area contributed by atoms with Crippen LogP contribution in [0.15, 0.2) is 69.7 Å². The van der Waals surface area contributed by atoms with Crippen LogP contribution in [0.5, 0.6) is 0 Å². The van der Waals surface area contributed by atoms with E-state index < -0.39 is 15.5 Å². The molecule has 2 aromatic carbocycles. The van der Waals surface area contributed by atoms with Crippen molar-refractivity contribution < 1.29 is 8.42 Å². The summed E-state index contributed by atoms with van der Waals surface area (Å²) in [5.74, 6) is 0. The average Bonchev–Trinajstić information content (AvgIpc) is 2.95. The van der Waals surface area contributed by atoms with E-state index in [2.05, 4.69) is 10.4 Å². The summed E-state index contributed by atoms with van der Waals surface area (Å²) in [5.41, 5.74) is 1.34. The summed E-state index contributed by atoms with van der Waals surface area (Å²) in [4.78, 5) is 12.4. The van der Waals surface area contributed by atoms with Crippen molar-refractivity contribution in [2.24, 2.45) is 0 Å². The summed E-state index contributed by atoms with van der Waals surface area (Å²) < 4.78 is 26.6. The van der Waals surface area contributed by atoms with Gasteiger partial charge in [0.15, 0.2) is 0 Å². The normalized spacial score (nSPS) is 11.9. The van der Waals surface area contributed by atoms with Gasteiger partial charge in [-0.3, -0.25) is 0 Å². The fourth-order valence-electron chi connectivity index (χ4n) is 2.18. The lowest BCUT2D eigenvalue weighted by Gasteiger charge is -1.99. The zero-order valence-electron chi connectivity index (χ0n) is 13.5. The number of aryl methyl sites for hydroxylation is 1. The third-order valence-electron chi connectivity index (χ3n) is 3.57. The smallest absolute Gasteiger partial charge is 0.244 e. The second kappa shape index (κ2) is 6.86. The number of benzene rings is 2. The summed E-state index contributed by atoms with van der Waals surface area (Å²) in [5, 5.41) is 8.40. The molecule has 1 heterocycles. The Morgan fingerprint density at radius 2 is 1.68 bits per heavy atom. The molecule has 0 bridgehead atoms. The van der Waals surface area contributed by atoms with Crippen LogP contribution in [0.1, 0.15) is 11.1 Å². The Labute approximate surface area is 144 Å². The van der Waals surface area contributed by atoms with E-state index in [0.29, 0.717) is 0 Å². The van der Waals surface area contributed by atoms with Crippen molar-refractivity contribution >= 4 is 16.0 Å². The maximum atomic E-state index is 12.3. The predicted octanol–water partition coefficient (Wildman–Crippen LogP) is 1.70. The molecule has 128 valence electrons. The Morgan fingerprint density at radius 1 is 1.00 bits per heavy atom. The molecule has 0 spiro atoms. The monoisotopic (exact) mass is 356 g/mol. The molecule has 0 aliphatic carbocycles. The van der Waals surface area contributed by atoms with Crippen LogP contribution in [0.4, 0.5) is 0 Å². The van der Waals surface area contributed by atoms with Gasteiger partial charge in [0.2, 0.25) is 9.84 Å². The van der Waals surface area contributed by atoms with Gasteiger partial charge < -0.3 is 0 Å². The second-order valence-corrected chi connectivity index (χ2v) is 7.33. The molecular formula is C17H16N4O3S. The Hall–Kier alpha value is -3.00. The largest absolute Gasteiger partial charge is 0.368 e. The van der Waals surface area contributed by atoms with E-state index in [1.165, 1.54) is 12.1 Å². The first-order chi connectivity index (χ1) is 12.0. The van der Waals surface area contributed by atoms with E-state index in [1.54, 1.807) is 12.1 Å². The molecule has 7 nitrogen and oxygen atoms in total. The Morgan fingerprint density at radius 3 is 2.36 bits per heavy atom. The molecule has 0 fully saturated rings. The summed E-state index contributed by atoms with van der Waals surface area (Å²) in [6.07, 6.45) is 1.10. The van der Waals surface area contributed by atoms with Gasteiger partial charge in [-0.15, -0.1) is 0 Å². The van der Waals surface area contributed by atoms with Crippen molar-refractivity contribution in [1.82, 2.24) is 19.8 Å². The van der Waals surface area contributed by atoms with Gasteiger partial charge >= 0.3 is 5.69 Å². The first kappa shape index (κ1) is 16.8. The van der Waals surface area contributed by atoms with Crippen LogP contribution in [-0.2, 0) is 16.4 Å². The molecule has 0 radical (unpaired) electrons. The van der Waals surface area contributed by atoms with Crippen molar-refractivity contribution in [3.63, 3.8) is 0 Å². The number of rotatable bonds is 5. The molecule has 0 unspecified atom stereocenters. The SMILES string of the molecule is Cc1ccc(S(=O)(=O)C=Cn2nnn(Cc3ccccc3)c2=O)cc1. The van der Waals surface area contributed by atoms with Gasteiger partial charge in [0.05, 0.1) is 16.8 Å². The van der Waals surface area contributed by atoms with Crippen LogP contribution in [0.2, 0.25) is 0 Å². The Kier molecular flexibility index (Phi) is 4.62. The molecule has 0 N–H and O–H groups in total. The standard InChI is InChI=1S/C17H16N4O3S/c1-14-7-9-16(10-8-14)25(23,24)12-11-20-17(22)21(19-18-20)13-15-5-3-2-4-6-15/h2-12H,13H2,1H3. The first-order valence-electron chi connectivity index (χ1n) is 7.52. The lowest BCUT2D eigenvalue weighted by Crippen LogP contribution is -2.23. The highest BCUT2D eigenvalue weighted by Crippen LogP contribution is 2.13. The van der Waals surface area contributed by atoms with E-state index >= 15 is 0 Å². The summed E-state index contributed by atoms with van der Waals surface area (Å²) in [6.45, 7) is 2.13. The van der Waals surface area contributed by atoms with Gasteiger partial charge in [-0.25, -0.2) is 13.2 Å². The van der Waals surface area contributed by atoms with E-state index in [-0.39, 0.29) is 11.4 Å². The number of aromatic nitrogens is 4. The van der Waals surface area contributed by atoms with Gasteiger partial charge in [0.1, 0.15) is 0 Å². The van der Waals surface area contributed by atoms with Crippen LogP contribution in [0, 0.1) is 6.92 Å². The molecule has 0 amide bonds. The van der Waals surface area contributed by atoms with Gasteiger partial charge in [-0.05, 0) is 35.0 Å². The maximum absolute atomic E-state index is 12.3. The number of hydrogen-bond acceptors (Lipinski definition) is 5. The number of hydrogen-bond donors (Lipinski definition) is 0. The van der Waals surface area contributed by atoms with Crippen molar-refractivity contribution in [2.75, 3.05) is 0 Å². The third kappa shape index (κ3) is 3.92. The summed E-state index contributed by atoms with van der Waals surface area (Å²) in [6, 6.07) is 15.8. The van der Waals surface area contributed by atoms with Gasteiger partial charge in [-0.1, -0.05) is 48.0 Å². The lowest BCUT2D eigenvalue weighted by molar-refractivity contribution is 0.604. The minimum atomic E-state index is -3.66. The second-order valence-electron chi connectivity index (χ2n) is 5.49. The van der Waals surface area contributed by atoms with E-state index in [4.69, 9.17) is 0 Å². The highest BCUT2D eigenvalue weighted by molar-refractivity contribution is 7.94. The predicted molar refractivity (Wildman–Crippen MR) is 93.5 cm³/mol. The fraction of sp³-hybridized carbons (Fsp3) is 0.118. The molecular weight excluding hydrogens is 340 g/mol. The first-order valence-corrected chi connectivity index (χ1v) is 9.06. The molecule has 0 saturated carbocycles. The summed E-state index contributed by atoms with van der Waals surface area (Å²) in [7, 11) is -3.66. The average molecular weight is 356 g/mol. The Balaban J connectivity index is 1.82. The molecule has 0 aliphatic heterocycles. The van der Waals surface area contributed by atoms with E-state index in [9.17, 15) is 13.2 Å². The lowest BCUT2D eigenvalue weighted by atomic mass is 10.2.